The number of carbonyl (C=O) groups excluding carboxylic acids is 1. The smallest absolute Gasteiger partial charge is 0.270 e. The maximum absolute atomic E-state index is 12.3. The summed E-state index contributed by atoms with van der Waals surface area (Å²) in [6.07, 6.45) is 3.03. The summed E-state index contributed by atoms with van der Waals surface area (Å²) in [6, 6.07) is 9.77. The van der Waals surface area contributed by atoms with Crippen LogP contribution in [0.2, 0.25) is 0 Å². The van der Waals surface area contributed by atoms with Crippen LogP contribution >= 0.6 is 11.8 Å². The number of pyridine rings is 1. The summed E-state index contributed by atoms with van der Waals surface area (Å²) in [6.45, 7) is 2.02. The number of fused-ring (bicyclic) bond motifs is 1. The van der Waals surface area contributed by atoms with Gasteiger partial charge in [-0.3, -0.25) is 4.79 Å². The van der Waals surface area contributed by atoms with Crippen molar-refractivity contribution in [2.45, 2.75) is 19.4 Å². The van der Waals surface area contributed by atoms with Crippen molar-refractivity contribution in [3.63, 3.8) is 0 Å². The van der Waals surface area contributed by atoms with Crippen LogP contribution in [0.3, 0.4) is 0 Å². The Bertz CT molecular complexity index is 630. The molecule has 0 aliphatic heterocycles. The van der Waals surface area contributed by atoms with Gasteiger partial charge in [-0.05, 0) is 37.5 Å². The van der Waals surface area contributed by atoms with Gasteiger partial charge in [0, 0.05) is 24.2 Å². The van der Waals surface area contributed by atoms with Crippen molar-refractivity contribution in [2.75, 3.05) is 24.4 Å². The monoisotopic (exact) mass is 303 g/mol. The number of anilines is 1. The van der Waals surface area contributed by atoms with Crippen LogP contribution in [-0.4, -0.2) is 36.0 Å². The molecule has 0 spiro atoms. The largest absolute Gasteiger partial charge is 0.388 e. The lowest BCUT2D eigenvalue weighted by atomic mass is 10.1. The van der Waals surface area contributed by atoms with Crippen LogP contribution in [0, 0.1) is 0 Å². The molecule has 1 aromatic heterocycles. The fourth-order valence-electron chi connectivity index (χ4n) is 2.16. The summed E-state index contributed by atoms with van der Waals surface area (Å²) in [7, 11) is 1.85. The van der Waals surface area contributed by atoms with Gasteiger partial charge in [-0.15, -0.1) is 0 Å². The Hall–Kier alpha value is -1.75. The normalized spacial score (nSPS) is 12.1. The summed E-state index contributed by atoms with van der Waals surface area (Å²) in [5.41, 5.74) is 2.20. The van der Waals surface area contributed by atoms with Crippen molar-refractivity contribution in [1.82, 2.24) is 10.3 Å². The fourth-order valence-corrected chi connectivity index (χ4v) is 2.75. The fraction of sp³-hybridized carbons (Fsp3) is 0.375. The van der Waals surface area contributed by atoms with Gasteiger partial charge in [0.1, 0.15) is 5.69 Å². The van der Waals surface area contributed by atoms with Crippen molar-refractivity contribution in [3.8, 4) is 0 Å². The molecule has 0 aliphatic carbocycles. The van der Waals surface area contributed by atoms with E-state index < -0.39 is 0 Å². The van der Waals surface area contributed by atoms with Crippen LogP contribution in [0.4, 0.5) is 5.69 Å². The lowest BCUT2D eigenvalue weighted by Crippen LogP contribution is -2.33. The number of nitrogens with zero attached hydrogens (tertiary/aromatic N) is 1. The van der Waals surface area contributed by atoms with E-state index in [4.69, 9.17) is 0 Å². The topological polar surface area (TPSA) is 54.0 Å². The van der Waals surface area contributed by atoms with Crippen molar-refractivity contribution >= 4 is 34.3 Å². The molecule has 1 atom stereocenters. The molecule has 2 rings (SSSR count). The summed E-state index contributed by atoms with van der Waals surface area (Å²) >= 11 is 1.78. The molecule has 0 radical (unpaired) electrons. The van der Waals surface area contributed by atoms with E-state index in [-0.39, 0.29) is 11.9 Å². The first-order valence-electron chi connectivity index (χ1n) is 7.03. The molecule has 2 aromatic rings. The van der Waals surface area contributed by atoms with Crippen molar-refractivity contribution in [2.24, 2.45) is 0 Å². The van der Waals surface area contributed by atoms with Crippen molar-refractivity contribution in [3.05, 3.63) is 36.0 Å². The maximum Gasteiger partial charge on any atom is 0.270 e. The molecule has 1 unspecified atom stereocenters. The molecule has 112 valence electrons. The van der Waals surface area contributed by atoms with Crippen molar-refractivity contribution in [1.29, 1.82) is 0 Å². The number of rotatable bonds is 6. The summed E-state index contributed by atoms with van der Waals surface area (Å²) < 4.78 is 0. The van der Waals surface area contributed by atoms with E-state index in [1.807, 2.05) is 38.2 Å². The SMILES string of the molecule is CNc1cc(C(=O)NC(C)CCSC)nc2ccccc12. The molecule has 1 amide bonds. The minimum Gasteiger partial charge on any atom is -0.388 e. The molecule has 2 N–H and O–H groups in total. The Kier molecular flexibility index (Phi) is 5.44. The third kappa shape index (κ3) is 3.88. The number of thioether (sulfide) groups is 1. The van der Waals surface area contributed by atoms with E-state index in [2.05, 4.69) is 21.9 Å². The number of hydrogen-bond donors (Lipinski definition) is 2. The minimum absolute atomic E-state index is 0.120. The van der Waals surface area contributed by atoms with Crippen LogP contribution in [-0.2, 0) is 0 Å². The molecule has 0 bridgehead atoms. The number of nitrogens with one attached hydrogen (secondary N) is 2. The summed E-state index contributed by atoms with van der Waals surface area (Å²) in [4.78, 5) is 16.8. The van der Waals surface area contributed by atoms with Gasteiger partial charge in [0.05, 0.1) is 5.52 Å². The quantitative estimate of drug-likeness (QED) is 0.861. The summed E-state index contributed by atoms with van der Waals surface area (Å²) in [5, 5.41) is 7.15. The van der Waals surface area contributed by atoms with Gasteiger partial charge in [0.2, 0.25) is 0 Å². The van der Waals surface area contributed by atoms with Crippen LogP contribution in [0.5, 0.6) is 0 Å². The first-order valence-corrected chi connectivity index (χ1v) is 8.42. The third-order valence-corrected chi connectivity index (χ3v) is 3.99. The molecule has 1 heterocycles. The molecular formula is C16H21N3OS. The average molecular weight is 303 g/mol. The van der Waals surface area contributed by atoms with Gasteiger partial charge in [-0.2, -0.15) is 11.8 Å². The molecule has 0 saturated carbocycles. The van der Waals surface area contributed by atoms with Crippen LogP contribution < -0.4 is 10.6 Å². The number of amides is 1. The van der Waals surface area contributed by atoms with Crippen LogP contribution in [0.1, 0.15) is 23.8 Å². The first kappa shape index (κ1) is 15.6. The lowest BCUT2D eigenvalue weighted by Gasteiger charge is -2.14. The summed E-state index contributed by atoms with van der Waals surface area (Å²) in [5.74, 6) is 0.916. The Morgan fingerprint density at radius 2 is 2.14 bits per heavy atom. The zero-order valence-electron chi connectivity index (χ0n) is 12.6. The second kappa shape index (κ2) is 7.31. The van der Waals surface area contributed by atoms with E-state index in [0.717, 1.165) is 28.8 Å². The predicted octanol–water partition coefficient (Wildman–Crippen LogP) is 3.15. The zero-order valence-corrected chi connectivity index (χ0v) is 13.5. The standard InChI is InChI=1S/C16H21N3OS/c1-11(8-9-21-3)18-16(20)15-10-14(17-2)12-6-4-5-7-13(12)19-15/h4-7,10-11H,8-9H2,1-3H3,(H,17,19)(H,18,20). The Labute approximate surface area is 129 Å². The highest BCUT2D eigenvalue weighted by atomic mass is 32.2. The molecule has 0 fully saturated rings. The van der Waals surface area contributed by atoms with Gasteiger partial charge in [0.25, 0.3) is 5.91 Å². The van der Waals surface area contributed by atoms with E-state index in [1.54, 1.807) is 17.8 Å². The molecule has 4 nitrogen and oxygen atoms in total. The second-order valence-electron chi connectivity index (χ2n) is 4.98. The maximum atomic E-state index is 12.3. The van der Waals surface area contributed by atoms with Crippen LogP contribution in [0.25, 0.3) is 10.9 Å². The highest BCUT2D eigenvalue weighted by Crippen LogP contribution is 2.22. The number of carbonyl (C=O) groups is 1. The molecule has 1 aromatic carbocycles. The number of aromatic nitrogens is 1. The van der Waals surface area contributed by atoms with Crippen LogP contribution in [0.15, 0.2) is 30.3 Å². The first-order chi connectivity index (χ1) is 10.2. The number of benzene rings is 1. The third-order valence-electron chi connectivity index (χ3n) is 3.35. The average Bonchev–Trinajstić information content (AvgIpc) is 2.51. The highest BCUT2D eigenvalue weighted by molar-refractivity contribution is 7.98. The van der Waals surface area contributed by atoms with Gasteiger partial charge >= 0.3 is 0 Å². The Balaban J connectivity index is 2.23. The van der Waals surface area contributed by atoms with E-state index in [9.17, 15) is 4.79 Å². The van der Waals surface area contributed by atoms with Crippen molar-refractivity contribution < 1.29 is 4.79 Å². The zero-order chi connectivity index (χ0) is 15.2. The number of hydrogen-bond acceptors (Lipinski definition) is 4. The molecular weight excluding hydrogens is 282 g/mol. The molecule has 0 aliphatic rings. The van der Waals surface area contributed by atoms with Gasteiger partial charge in [0.15, 0.2) is 0 Å². The second-order valence-corrected chi connectivity index (χ2v) is 5.96. The lowest BCUT2D eigenvalue weighted by molar-refractivity contribution is 0.0935. The van der Waals surface area contributed by atoms with E-state index >= 15 is 0 Å². The molecule has 0 saturated heterocycles. The van der Waals surface area contributed by atoms with Gasteiger partial charge < -0.3 is 10.6 Å². The molecule has 21 heavy (non-hydrogen) atoms. The molecule has 5 heteroatoms. The van der Waals surface area contributed by atoms with E-state index in [1.165, 1.54) is 0 Å². The Morgan fingerprint density at radius 1 is 1.38 bits per heavy atom. The predicted molar refractivity (Wildman–Crippen MR) is 91.2 cm³/mol. The van der Waals surface area contributed by atoms with Gasteiger partial charge in [-0.1, -0.05) is 18.2 Å². The number of para-hydroxylation sites is 1. The van der Waals surface area contributed by atoms with Gasteiger partial charge in [-0.25, -0.2) is 4.98 Å². The minimum atomic E-state index is -0.120. The van der Waals surface area contributed by atoms with E-state index in [0.29, 0.717) is 5.69 Å². The Morgan fingerprint density at radius 3 is 2.86 bits per heavy atom. The highest BCUT2D eigenvalue weighted by Gasteiger charge is 2.13.